The van der Waals surface area contributed by atoms with E-state index >= 15 is 0 Å². The van der Waals surface area contributed by atoms with E-state index in [0.717, 1.165) is 5.57 Å². The number of anilines is 1. The van der Waals surface area contributed by atoms with Crippen molar-refractivity contribution in [2.45, 2.75) is 6.92 Å². The van der Waals surface area contributed by atoms with Gasteiger partial charge in [0, 0.05) is 22.8 Å². The summed E-state index contributed by atoms with van der Waals surface area (Å²) in [7, 11) is 0. The van der Waals surface area contributed by atoms with Crippen LogP contribution in [0.15, 0.2) is 128 Å². The number of thiophene rings is 1. The first-order valence-corrected chi connectivity index (χ1v) is 10.4. The van der Waals surface area contributed by atoms with E-state index in [1.165, 1.54) is 4.88 Å². The van der Waals surface area contributed by atoms with E-state index in [-0.39, 0.29) is 0 Å². The molecule has 5 heteroatoms. The van der Waals surface area contributed by atoms with E-state index in [4.69, 9.17) is 4.74 Å². The zero-order valence-electron chi connectivity index (χ0n) is 17.7. The number of ether oxygens (including phenoxy) is 1. The Morgan fingerprint density at radius 1 is 1.10 bits per heavy atom. The lowest BCUT2D eigenvalue weighted by molar-refractivity contribution is 0.444. The van der Waals surface area contributed by atoms with Gasteiger partial charge in [0.1, 0.15) is 17.3 Å². The first-order valence-electron chi connectivity index (χ1n) is 9.53. The third-order valence-electron chi connectivity index (χ3n) is 4.01. The van der Waals surface area contributed by atoms with Crippen LogP contribution in [0, 0.1) is 0 Å². The third-order valence-corrected chi connectivity index (χ3v) is 5.01. The highest BCUT2D eigenvalue weighted by molar-refractivity contribution is 7.11. The molecule has 0 saturated heterocycles. The van der Waals surface area contributed by atoms with Gasteiger partial charge >= 0.3 is 0 Å². The molecule has 0 fully saturated rings. The van der Waals surface area contributed by atoms with Crippen molar-refractivity contribution in [1.82, 2.24) is 10.3 Å². The topological polar surface area (TPSA) is 46.2 Å². The van der Waals surface area contributed by atoms with Gasteiger partial charge in [-0.15, -0.1) is 11.3 Å². The molecule has 0 unspecified atom stereocenters. The lowest BCUT2D eigenvalue weighted by Gasteiger charge is -2.15. The number of nitrogens with zero attached hydrogens (tertiary/aromatic N) is 1. The molecule has 2 aromatic rings. The van der Waals surface area contributed by atoms with Gasteiger partial charge < -0.3 is 15.4 Å². The van der Waals surface area contributed by atoms with Crippen molar-refractivity contribution >= 4 is 22.7 Å². The SMILES string of the molecule is C=C/C=C(/Nc1cc(O/C(C=C)=C/C=C(\C)c2cccs2)ccn1)C(=C)NC(=C)C=C. The second-order valence-corrected chi connectivity index (χ2v) is 7.30. The van der Waals surface area contributed by atoms with Crippen LogP contribution < -0.4 is 15.4 Å². The van der Waals surface area contributed by atoms with Gasteiger partial charge in [-0.3, -0.25) is 0 Å². The van der Waals surface area contributed by atoms with Crippen LogP contribution in [0.5, 0.6) is 5.75 Å². The Morgan fingerprint density at radius 3 is 2.55 bits per heavy atom. The molecule has 2 rings (SSSR count). The number of hydrogen-bond acceptors (Lipinski definition) is 5. The Hall–Kier alpha value is -3.83. The number of hydrogen-bond donors (Lipinski definition) is 2. The molecule has 2 aromatic heterocycles. The fourth-order valence-corrected chi connectivity index (χ4v) is 3.12. The van der Waals surface area contributed by atoms with Crippen molar-refractivity contribution in [3.8, 4) is 5.75 Å². The van der Waals surface area contributed by atoms with Crippen LogP contribution in [0.25, 0.3) is 5.57 Å². The van der Waals surface area contributed by atoms with Crippen LogP contribution in [0.3, 0.4) is 0 Å². The maximum atomic E-state index is 5.97. The number of pyridine rings is 1. The minimum Gasteiger partial charge on any atom is -0.457 e. The number of nitrogens with one attached hydrogen (secondary N) is 2. The van der Waals surface area contributed by atoms with Gasteiger partial charge in [0.05, 0.1) is 11.4 Å². The fraction of sp³-hybridized carbons (Fsp3) is 0.0385. The molecular formula is C26H27N3OS. The van der Waals surface area contributed by atoms with Crippen molar-refractivity contribution < 1.29 is 4.74 Å². The molecule has 158 valence electrons. The van der Waals surface area contributed by atoms with E-state index in [0.29, 0.717) is 34.4 Å². The van der Waals surface area contributed by atoms with E-state index in [9.17, 15) is 0 Å². The zero-order chi connectivity index (χ0) is 22.6. The predicted octanol–water partition coefficient (Wildman–Crippen LogP) is 6.98. The Labute approximate surface area is 188 Å². The Balaban J connectivity index is 2.16. The van der Waals surface area contributed by atoms with Crippen LogP contribution in [0.1, 0.15) is 11.8 Å². The fourth-order valence-electron chi connectivity index (χ4n) is 2.40. The van der Waals surface area contributed by atoms with E-state index in [1.54, 1.807) is 54.0 Å². The van der Waals surface area contributed by atoms with Crippen LogP contribution in [0.4, 0.5) is 5.82 Å². The van der Waals surface area contributed by atoms with Crippen LogP contribution in [-0.2, 0) is 0 Å². The average Bonchev–Trinajstić information content (AvgIpc) is 3.31. The molecule has 0 atom stereocenters. The Morgan fingerprint density at radius 2 is 1.90 bits per heavy atom. The smallest absolute Gasteiger partial charge is 0.134 e. The Bertz CT molecular complexity index is 1060. The standard InChI is InChI=1S/C26H27N3OS/c1-7-11-24(21(6)28-20(5)8-2)29-26-18-23(15-16-27-26)30-22(9-3)14-13-19(4)25-12-10-17-31-25/h7-18,28H,1-3,5-6H2,4H3,(H,27,29)/b19-13+,22-14+,24-11+. The first kappa shape index (κ1) is 23.4. The lowest BCUT2D eigenvalue weighted by atomic mass is 10.2. The van der Waals surface area contributed by atoms with Crippen LogP contribution in [-0.4, -0.2) is 4.98 Å². The van der Waals surface area contributed by atoms with Gasteiger partial charge in [-0.2, -0.15) is 0 Å². The molecule has 0 aliphatic carbocycles. The molecular weight excluding hydrogens is 402 g/mol. The first-order chi connectivity index (χ1) is 15.0. The van der Waals surface area contributed by atoms with Crippen molar-refractivity contribution in [3.63, 3.8) is 0 Å². The number of aromatic nitrogens is 1. The third kappa shape index (κ3) is 7.49. The molecule has 0 radical (unpaired) electrons. The van der Waals surface area contributed by atoms with Gasteiger partial charge in [-0.25, -0.2) is 4.98 Å². The van der Waals surface area contributed by atoms with Crippen molar-refractivity contribution in [1.29, 1.82) is 0 Å². The molecule has 0 amide bonds. The summed E-state index contributed by atoms with van der Waals surface area (Å²) in [6, 6.07) is 7.69. The minimum absolute atomic E-state index is 0.589. The van der Waals surface area contributed by atoms with Gasteiger partial charge in [0.2, 0.25) is 0 Å². The summed E-state index contributed by atoms with van der Waals surface area (Å²) in [6.07, 6.45) is 12.3. The highest BCUT2D eigenvalue weighted by Gasteiger charge is 2.06. The molecule has 4 nitrogen and oxygen atoms in total. The molecule has 0 aliphatic heterocycles. The molecule has 0 aliphatic rings. The van der Waals surface area contributed by atoms with E-state index < -0.39 is 0 Å². The average molecular weight is 430 g/mol. The maximum absolute atomic E-state index is 5.97. The van der Waals surface area contributed by atoms with Gasteiger partial charge in [-0.05, 0) is 54.3 Å². The minimum atomic E-state index is 0.589. The van der Waals surface area contributed by atoms with Gasteiger partial charge in [0.15, 0.2) is 0 Å². The number of allylic oxidation sites excluding steroid dienone is 7. The predicted molar refractivity (Wildman–Crippen MR) is 135 cm³/mol. The Kier molecular flexibility index (Phi) is 9.08. The van der Waals surface area contributed by atoms with Gasteiger partial charge in [-0.1, -0.05) is 51.1 Å². The molecule has 0 aromatic carbocycles. The van der Waals surface area contributed by atoms with Crippen molar-refractivity contribution in [3.05, 3.63) is 133 Å². The van der Waals surface area contributed by atoms with Crippen LogP contribution in [0.2, 0.25) is 0 Å². The quantitative estimate of drug-likeness (QED) is 0.282. The summed E-state index contributed by atoms with van der Waals surface area (Å²) in [5.41, 5.74) is 3.09. The summed E-state index contributed by atoms with van der Waals surface area (Å²) in [5, 5.41) is 8.33. The number of rotatable bonds is 12. The highest BCUT2D eigenvalue weighted by atomic mass is 32.1. The summed E-state index contributed by atoms with van der Waals surface area (Å²) < 4.78 is 5.97. The highest BCUT2D eigenvalue weighted by Crippen LogP contribution is 2.22. The zero-order valence-corrected chi connectivity index (χ0v) is 18.5. The molecule has 2 heterocycles. The second-order valence-electron chi connectivity index (χ2n) is 6.35. The maximum Gasteiger partial charge on any atom is 0.134 e. The molecule has 31 heavy (non-hydrogen) atoms. The van der Waals surface area contributed by atoms with Crippen molar-refractivity contribution in [2.24, 2.45) is 0 Å². The van der Waals surface area contributed by atoms with E-state index in [1.807, 2.05) is 18.2 Å². The van der Waals surface area contributed by atoms with Crippen LogP contribution >= 0.6 is 11.3 Å². The molecule has 0 saturated carbocycles. The molecule has 0 bridgehead atoms. The van der Waals surface area contributed by atoms with E-state index in [2.05, 4.69) is 66.9 Å². The largest absolute Gasteiger partial charge is 0.457 e. The van der Waals surface area contributed by atoms with Gasteiger partial charge in [0.25, 0.3) is 0 Å². The summed E-state index contributed by atoms with van der Waals surface area (Å²) in [5.74, 6) is 1.84. The normalized spacial score (nSPS) is 12.0. The molecule has 0 spiro atoms. The summed E-state index contributed by atoms with van der Waals surface area (Å²) in [6.45, 7) is 21.2. The molecule has 2 N–H and O–H groups in total. The van der Waals surface area contributed by atoms with Crippen molar-refractivity contribution in [2.75, 3.05) is 5.32 Å². The monoisotopic (exact) mass is 429 g/mol. The lowest BCUT2D eigenvalue weighted by Crippen LogP contribution is -2.16. The summed E-state index contributed by atoms with van der Waals surface area (Å²) >= 11 is 1.70. The second kappa shape index (κ2) is 12.0. The summed E-state index contributed by atoms with van der Waals surface area (Å²) in [4.78, 5) is 5.56.